The molecular formula is C20H26N2O. The molecule has 4 rings (SSSR count). The summed E-state index contributed by atoms with van der Waals surface area (Å²) >= 11 is 0. The third-order valence-corrected chi connectivity index (χ3v) is 4.08. The Morgan fingerprint density at radius 1 is 1.00 bits per heavy atom. The summed E-state index contributed by atoms with van der Waals surface area (Å²) in [6.07, 6.45) is 4.26. The van der Waals surface area contributed by atoms with Crippen LogP contribution in [0.1, 0.15) is 45.4 Å². The van der Waals surface area contributed by atoms with Crippen molar-refractivity contribution in [1.82, 2.24) is 9.55 Å². The first-order chi connectivity index (χ1) is 11.3. The molecule has 1 atom stereocenters. The van der Waals surface area contributed by atoms with Crippen LogP contribution >= 0.6 is 0 Å². The number of aryl methyl sites for hydroxylation is 1. The molecule has 0 spiro atoms. The van der Waals surface area contributed by atoms with E-state index in [1.54, 1.807) is 12.5 Å². The fourth-order valence-corrected chi connectivity index (χ4v) is 2.99. The van der Waals surface area contributed by atoms with E-state index >= 15 is 0 Å². The monoisotopic (exact) mass is 310 g/mol. The molecule has 3 heteroatoms. The Morgan fingerprint density at radius 2 is 1.70 bits per heavy atom. The zero-order valence-electron chi connectivity index (χ0n) is 14.5. The van der Waals surface area contributed by atoms with E-state index in [2.05, 4.69) is 29.2 Å². The smallest absolute Gasteiger partial charge is 0.133 e. The lowest BCUT2D eigenvalue weighted by molar-refractivity contribution is 0.0827. The van der Waals surface area contributed by atoms with Crippen molar-refractivity contribution in [2.75, 3.05) is 0 Å². The summed E-state index contributed by atoms with van der Waals surface area (Å²) in [4.78, 5) is 4.13. The van der Waals surface area contributed by atoms with Crippen LogP contribution in [0.15, 0.2) is 55.0 Å². The summed E-state index contributed by atoms with van der Waals surface area (Å²) < 4.78 is 2.02. The van der Waals surface area contributed by atoms with Gasteiger partial charge >= 0.3 is 0 Å². The first-order valence-corrected chi connectivity index (χ1v) is 8.50. The minimum absolute atomic E-state index is 0.712. The van der Waals surface area contributed by atoms with Crippen molar-refractivity contribution in [1.29, 1.82) is 0 Å². The summed E-state index contributed by atoms with van der Waals surface area (Å²) in [7, 11) is 0. The second-order valence-corrected chi connectivity index (χ2v) is 5.14. The SMILES string of the molecule is CC.CC.OC1(c2ccc3ccccc3c2)CCn2cncc21. The molecule has 3 nitrogen and oxygen atoms in total. The van der Waals surface area contributed by atoms with Crippen LogP contribution in [0.3, 0.4) is 0 Å². The number of imidazole rings is 1. The molecule has 1 aromatic heterocycles. The molecule has 0 fully saturated rings. The number of hydrogen-bond donors (Lipinski definition) is 1. The molecule has 2 heterocycles. The van der Waals surface area contributed by atoms with E-state index in [1.165, 1.54) is 5.39 Å². The maximum Gasteiger partial charge on any atom is 0.133 e. The van der Waals surface area contributed by atoms with Gasteiger partial charge < -0.3 is 9.67 Å². The first-order valence-electron chi connectivity index (χ1n) is 8.50. The van der Waals surface area contributed by atoms with Crippen molar-refractivity contribution >= 4 is 10.8 Å². The van der Waals surface area contributed by atoms with Gasteiger partial charge in [0.15, 0.2) is 0 Å². The maximum absolute atomic E-state index is 11.0. The Balaban J connectivity index is 0.000000448. The largest absolute Gasteiger partial charge is 0.379 e. The lowest BCUT2D eigenvalue weighted by Gasteiger charge is -2.22. The lowest BCUT2D eigenvalue weighted by Crippen LogP contribution is -2.23. The molecular weight excluding hydrogens is 284 g/mol. The van der Waals surface area contributed by atoms with E-state index in [0.717, 1.165) is 23.2 Å². The second-order valence-electron chi connectivity index (χ2n) is 5.14. The van der Waals surface area contributed by atoms with Gasteiger partial charge in [-0.1, -0.05) is 64.1 Å². The predicted molar refractivity (Wildman–Crippen MR) is 96.5 cm³/mol. The fourth-order valence-electron chi connectivity index (χ4n) is 2.99. The van der Waals surface area contributed by atoms with Crippen LogP contribution in [-0.2, 0) is 12.1 Å². The highest BCUT2D eigenvalue weighted by atomic mass is 16.3. The quantitative estimate of drug-likeness (QED) is 0.705. The number of fused-ring (bicyclic) bond motifs is 2. The molecule has 1 aliphatic rings. The van der Waals surface area contributed by atoms with Crippen molar-refractivity contribution in [2.24, 2.45) is 0 Å². The topological polar surface area (TPSA) is 38.0 Å². The van der Waals surface area contributed by atoms with E-state index < -0.39 is 5.60 Å². The summed E-state index contributed by atoms with van der Waals surface area (Å²) in [6, 6.07) is 14.4. The average Bonchev–Trinajstić information content (AvgIpc) is 3.23. The molecule has 0 saturated carbocycles. The van der Waals surface area contributed by atoms with Gasteiger partial charge in [-0.05, 0) is 22.4 Å². The highest BCUT2D eigenvalue weighted by Crippen LogP contribution is 2.39. The molecule has 2 aromatic carbocycles. The van der Waals surface area contributed by atoms with Crippen molar-refractivity contribution < 1.29 is 5.11 Å². The van der Waals surface area contributed by atoms with Gasteiger partial charge in [-0.15, -0.1) is 0 Å². The van der Waals surface area contributed by atoms with Crippen LogP contribution < -0.4 is 0 Å². The van der Waals surface area contributed by atoms with Gasteiger partial charge in [-0.25, -0.2) is 4.98 Å². The molecule has 1 unspecified atom stereocenters. The molecule has 1 N–H and O–H groups in total. The second kappa shape index (κ2) is 7.42. The molecule has 23 heavy (non-hydrogen) atoms. The number of nitrogens with zero attached hydrogens (tertiary/aromatic N) is 2. The van der Waals surface area contributed by atoms with Gasteiger partial charge in [0.2, 0.25) is 0 Å². The number of aliphatic hydroxyl groups is 1. The summed E-state index contributed by atoms with van der Waals surface area (Å²) in [5, 5.41) is 13.4. The van der Waals surface area contributed by atoms with Crippen molar-refractivity contribution in [2.45, 2.75) is 46.3 Å². The highest BCUT2D eigenvalue weighted by molar-refractivity contribution is 5.83. The van der Waals surface area contributed by atoms with Gasteiger partial charge in [-0.2, -0.15) is 0 Å². The Bertz CT molecular complexity index is 763. The number of aromatic nitrogens is 2. The Kier molecular flexibility index (Phi) is 5.56. The average molecular weight is 310 g/mol. The Morgan fingerprint density at radius 3 is 2.43 bits per heavy atom. The van der Waals surface area contributed by atoms with Gasteiger partial charge in [0.25, 0.3) is 0 Å². The minimum atomic E-state index is -0.902. The molecule has 0 bridgehead atoms. The van der Waals surface area contributed by atoms with E-state index in [1.807, 2.05) is 50.5 Å². The van der Waals surface area contributed by atoms with Crippen LogP contribution in [0.25, 0.3) is 10.8 Å². The number of rotatable bonds is 1. The molecule has 1 aliphatic heterocycles. The van der Waals surface area contributed by atoms with Gasteiger partial charge in [0, 0.05) is 13.0 Å². The summed E-state index contributed by atoms with van der Waals surface area (Å²) in [5.41, 5.74) is 0.939. The molecule has 0 radical (unpaired) electrons. The summed E-state index contributed by atoms with van der Waals surface area (Å²) in [6.45, 7) is 8.82. The molecule has 0 amide bonds. The zero-order valence-corrected chi connectivity index (χ0v) is 14.5. The molecule has 0 saturated heterocycles. The fraction of sp³-hybridized carbons (Fsp3) is 0.350. The molecule has 3 aromatic rings. The van der Waals surface area contributed by atoms with E-state index in [9.17, 15) is 5.11 Å². The standard InChI is InChI=1S/C16H14N2O.2C2H6/c19-16(7-8-18-11-17-10-15(16)18)14-6-5-12-3-1-2-4-13(12)9-14;2*1-2/h1-6,9-11,19H,7-8H2;2*1-2H3. The first kappa shape index (κ1) is 17.2. The number of hydrogen-bond acceptors (Lipinski definition) is 2. The van der Waals surface area contributed by atoms with Crippen LogP contribution in [0.5, 0.6) is 0 Å². The van der Waals surface area contributed by atoms with Crippen LogP contribution in [0, 0.1) is 0 Å². The van der Waals surface area contributed by atoms with Crippen molar-refractivity contribution in [3.8, 4) is 0 Å². The van der Waals surface area contributed by atoms with E-state index in [0.29, 0.717) is 6.42 Å². The summed E-state index contributed by atoms with van der Waals surface area (Å²) in [5.74, 6) is 0. The lowest BCUT2D eigenvalue weighted by atomic mass is 9.88. The normalized spacial score (nSPS) is 18.5. The van der Waals surface area contributed by atoms with Gasteiger partial charge in [0.1, 0.15) is 5.60 Å². The minimum Gasteiger partial charge on any atom is -0.379 e. The van der Waals surface area contributed by atoms with E-state index in [-0.39, 0.29) is 0 Å². The zero-order chi connectivity index (χ0) is 16.9. The Hall–Kier alpha value is -2.13. The van der Waals surface area contributed by atoms with Crippen molar-refractivity contribution in [3.05, 3.63) is 66.2 Å². The van der Waals surface area contributed by atoms with Crippen LogP contribution in [-0.4, -0.2) is 14.7 Å². The Labute approximate surface area is 138 Å². The van der Waals surface area contributed by atoms with Crippen LogP contribution in [0.4, 0.5) is 0 Å². The molecule has 0 aliphatic carbocycles. The maximum atomic E-state index is 11.0. The van der Waals surface area contributed by atoms with Crippen LogP contribution in [0.2, 0.25) is 0 Å². The van der Waals surface area contributed by atoms with E-state index in [4.69, 9.17) is 0 Å². The van der Waals surface area contributed by atoms with Gasteiger partial charge in [-0.3, -0.25) is 0 Å². The highest BCUT2D eigenvalue weighted by Gasteiger charge is 2.39. The number of benzene rings is 2. The van der Waals surface area contributed by atoms with Gasteiger partial charge in [0.05, 0.1) is 18.2 Å². The van der Waals surface area contributed by atoms with Crippen molar-refractivity contribution in [3.63, 3.8) is 0 Å². The third kappa shape index (κ3) is 3.02. The third-order valence-electron chi connectivity index (χ3n) is 4.08. The predicted octanol–water partition coefficient (Wildman–Crippen LogP) is 4.73. The molecule has 122 valence electrons.